The zero-order valence-electron chi connectivity index (χ0n) is 14.3. The van der Waals surface area contributed by atoms with Gasteiger partial charge in [-0.1, -0.05) is 36.4 Å². The highest BCUT2D eigenvalue weighted by atomic mass is 16.1. The van der Waals surface area contributed by atoms with E-state index < -0.39 is 0 Å². The number of nitrogens with zero attached hydrogens (tertiary/aromatic N) is 2. The highest BCUT2D eigenvalue weighted by Gasteiger charge is 2.52. The average molecular weight is 336 g/mol. The number of fused-ring (bicyclic) bond motifs is 2. The molecule has 2 bridgehead atoms. The lowest BCUT2D eigenvalue weighted by atomic mass is 9.78. The van der Waals surface area contributed by atoms with Crippen LogP contribution in [0.2, 0.25) is 0 Å². The number of H-pyrrole nitrogens is 1. The van der Waals surface area contributed by atoms with Crippen LogP contribution in [0.25, 0.3) is 0 Å². The summed E-state index contributed by atoms with van der Waals surface area (Å²) >= 11 is 0. The van der Waals surface area contributed by atoms with Gasteiger partial charge in [-0.25, -0.2) is 4.98 Å². The van der Waals surface area contributed by atoms with Crippen LogP contribution in [0.4, 0.5) is 0 Å². The third-order valence-electron chi connectivity index (χ3n) is 5.70. The minimum Gasteiger partial charge on any atom is -0.352 e. The number of amides is 1. The maximum absolute atomic E-state index is 12.7. The Kier molecular flexibility index (Phi) is 4.38. The fourth-order valence-corrected chi connectivity index (χ4v) is 4.66. The number of aromatic nitrogens is 3. The third-order valence-corrected chi connectivity index (χ3v) is 5.70. The third kappa shape index (κ3) is 3.11. The van der Waals surface area contributed by atoms with Crippen molar-refractivity contribution in [1.29, 1.82) is 0 Å². The van der Waals surface area contributed by atoms with Crippen LogP contribution in [0.5, 0.6) is 0 Å². The summed E-state index contributed by atoms with van der Waals surface area (Å²) in [6.07, 6.45) is 5.92. The Labute approximate surface area is 147 Å². The van der Waals surface area contributed by atoms with Crippen molar-refractivity contribution < 1.29 is 4.79 Å². The summed E-state index contributed by atoms with van der Waals surface area (Å²) in [7, 11) is 0. The molecule has 0 unspecified atom stereocenters. The van der Waals surface area contributed by atoms with E-state index >= 15 is 0 Å². The fourth-order valence-electron chi connectivity index (χ4n) is 4.66. The first kappa shape index (κ1) is 16.1. The van der Waals surface area contributed by atoms with Crippen molar-refractivity contribution >= 4 is 5.91 Å². The van der Waals surface area contributed by atoms with Crippen LogP contribution in [-0.4, -0.2) is 27.6 Å². The molecule has 2 saturated carbocycles. The summed E-state index contributed by atoms with van der Waals surface area (Å²) in [4.78, 5) is 17.4. The van der Waals surface area contributed by atoms with E-state index in [0.717, 1.165) is 30.9 Å². The molecule has 1 amide bonds. The van der Waals surface area contributed by atoms with Crippen molar-refractivity contribution in [1.82, 2.24) is 20.5 Å². The molecule has 1 aromatic heterocycles. The van der Waals surface area contributed by atoms with Gasteiger partial charge in [0.05, 0.1) is 5.92 Å². The molecule has 0 radical (unpaired) electrons. The number of carbonyl (C=O) groups is 1. The Morgan fingerprint density at radius 1 is 1.28 bits per heavy atom. The quantitative estimate of drug-likeness (QED) is 0.797. The lowest BCUT2D eigenvalue weighted by Gasteiger charge is -2.28. The maximum Gasteiger partial charge on any atom is 0.224 e. The summed E-state index contributed by atoms with van der Waals surface area (Å²) in [6.45, 7) is 4.20. The molecule has 2 aromatic rings. The van der Waals surface area contributed by atoms with Gasteiger partial charge in [-0.3, -0.25) is 9.89 Å². The SMILES string of the molecule is C=CCNC(=O)[C@H]1[C@H]2CC[C@H](C2)[C@H]1c1n[nH]c(Cc2ccccc2)n1. The first-order chi connectivity index (χ1) is 12.3. The molecule has 0 saturated heterocycles. The minimum absolute atomic E-state index is 0.000856. The molecule has 5 heteroatoms. The number of nitrogens with one attached hydrogen (secondary N) is 2. The normalized spacial score (nSPS) is 27.4. The van der Waals surface area contributed by atoms with Crippen LogP contribution in [0.1, 0.15) is 42.4 Å². The number of hydrogen-bond acceptors (Lipinski definition) is 3. The van der Waals surface area contributed by atoms with Gasteiger partial charge in [0.2, 0.25) is 5.91 Å². The van der Waals surface area contributed by atoms with Crippen LogP contribution < -0.4 is 5.32 Å². The van der Waals surface area contributed by atoms with Crippen molar-refractivity contribution in [2.45, 2.75) is 31.6 Å². The number of carbonyl (C=O) groups excluding carboxylic acids is 1. The molecule has 1 heterocycles. The first-order valence-corrected chi connectivity index (χ1v) is 9.10. The molecule has 25 heavy (non-hydrogen) atoms. The van der Waals surface area contributed by atoms with Gasteiger partial charge in [-0.2, -0.15) is 5.10 Å². The van der Waals surface area contributed by atoms with Gasteiger partial charge in [0.15, 0.2) is 5.82 Å². The lowest BCUT2D eigenvalue weighted by Crippen LogP contribution is -2.37. The van der Waals surface area contributed by atoms with E-state index in [1.54, 1.807) is 6.08 Å². The van der Waals surface area contributed by atoms with Crippen LogP contribution in [0, 0.1) is 17.8 Å². The molecule has 130 valence electrons. The minimum atomic E-state index is -0.000856. The maximum atomic E-state index is 12.7. The first-order valence-electron chi connectivity index (χ1n) is 9.10. The van der Waals surface area contributed by atoms with Crippen LogP contribution in [0.3, 0.4) is 0 Å². The van der Waals surface area contributed by atoms with Crippen molar-refractivity contribution in [2.24, 2.45) is 17.8 Å². The summed E-state index contributed by atoms with van der Waals surface area (Å²) in [5.41, 5.74) is 1.21. The van der Waals surface area contributed by atoms with Crippen LogP contribution in [-0.2, 0) is 11.2 Å². The summed E-state index contributed by atoms with van der Waals surface area (Å²) in [5.74, 6) is 2.96. The molecule has 4 rings (SSSR count). The summed E-state index contributed by atoms with van der Waals surface area (Å²) in [5, 5.41) is 10.6. The Balaban J connectivity index is 1.53. The second kappa shape index (κ2) is 6.82. The van der Waals surface area contributed by atoms with Gasteiger partial charge in [-0.05, 0) is 36.7 Å². The van der Waals surface area contributed by atoms with E-state index in [1.807, 2.05) is 18.2 Å². The van der Waals surface area contributed by atoms with Gasteiger partial charge in [-0.15, -0.1) is 6.58 Å². The topological polar surface area (TPSA) is 70.7 Å². The van der Waals surface area contributed by atoms with Crippen molar-refractivity contribution in [3.63, 3.8) is 0 Å². The molecule has 5 nitrogen and oxygen atoms in total. The van der Waals surface area contributed by atoms with Gasteiger partial charge in [0.25, 0.3) is 0 Å². The number of benzene rings is 1. The molecule has 4 atom stereocenters. The van der Waals surface area contributed by atoms with Gasteiger partial charge >= 0.3 is 0 Å². The zero-order valence-corrected chi connectivity index (χ0v) is 14.3. The van der Waals surface area contributed by atoms with Gasteiger partial charge < -0.3 is 5.32 Å². The molecule has 2 aliphatic carbocycles. The standard InChI is InChI=1S/C20H24N4O/c1-2-10-21-20(25)18-15-9-8-14(12-15)17(18)19-22-16(23-24-19)11-13-6-4-3-5-7-13/h2-7,14-15,17-18H,1,8-12H2,(H,21,25)(H,22,23,24)/t14-,15+,17-,18+/m1/s1. The molecule has 0 aliphatic heterocycles. The second-order valence-corrected chi connectivity index (χ2v) is 7.22. The lowest BCUT2D eigenvalue weighted by molar-refractivity contribution is -0.127. The van der Waals surface area contributed by atoms with Gasteiger partial charge in [0, 0.05) is 18.9 Å². The van der Waals surface area contributed by atoms with Gasteiger partial charge in [0.1, 0.15) is 5.82 Å². The van der Waals surface area contributed by atoms with Crippen LogP contribution >= 0.6 is 0 Å². The Morgan fingerprint density at radius 3 is 2.88 bits per heavy atom. The molecule has 2 N–H and O–H groups in total. The van der Waals surface area contributed by atoms with Crippen LogP contribution in [0.15, 0.2) is 43.0 Å². The highest BCUT2D eigenvalue weighted by Crippen LogP contribution is 2.56. The average Bonchev–Trinajstić information content (AvgIpc) is 3.36. The number of aromatic amines is 1. The predicted molar refractivity (Wildman–Crippen MR) is 95.9 cm³/mol. The molecule has 0 spiro atoms. The predicted octanol–water partition coefficient (Wildman–Crippen LogP) is 2.83. The number of hydrogen-bond donors (Lipinski definition) is 2. The Bertz CT molecular complexity index is 754. The van der Waals surface area contributed by atoms with Crippen molar-refractivity contribution in [3.05, 3.63) is 60.2 Å². The van der Waals surface area contributed by atoms with Crippen molar-refractivity contribution in [2.75, 3.05) is 6.54 Å². The largest absolute Gasteiger partial charge is 0.352 e. The smallest absolute Gasteiger partial charge is 0.224 e. The Hall–Kier alpha value is -2.43. The Morgan fingerprint density at radius 2 is 2.08 bits per heavy atom. The van der Waals surface area contributed by atoms with E-state index in [0.29, 0.717) is 18.4 Å². The second-order valence-electron chi connectivity index (χ2n) is 7.22. The summed E-state index contributed by atoms with van der Waals surface area (Å²) < 4.78 is 0. The summed E-state index contributed by atoms with van der Waals surface area (Å²) in [6, 6.07) is 10.2. The molecule has 2 fully saturated rings. The molecular formula is C20H24N4O. The molecule has 2 aliphatic rings. The highest BCUT2D eigenvalue weighted by molar-refractivity contribution is 5.80. The zero-order chi connectivity index (χ0) is 17.2. The van der Waals surface area contributed by atoms with E-state index in [1.165, 1.54) is 12.0 Å². The van der Waals surface area contributed by atoms with E-state index in [4.69, 9.17) is 4.98 Å². The molecule has 1 aromatic carbocycles. The number of rotatable bonds is 6. The molecular weight excluding hydrogens is 312 g/mol. The monoisotopic (exact) mass is 336 g/mol. The van der Waals surface area contributed by atoms with E-state index in [-0.39, 0.29) is 17.7 Å². The van der Waals surface area contributed by atoms with E-state index in [9.17, 15) is 4.79 Å². The fraction of sp³-hybridized carbons (Fsp3) is 0.450. The van der Waals surface area contributed by atoms with Crippen molar-refractivity contribution in [3.8, 4) is 0 Å². The van der Waals surface area contributed by atoms with E-state index in [2.05, 4.69) is 34.2 Å².